The summed E-state index contributed by atoms with van der Waals surface area (Å²) < 4.78 is 4.65. The van der Waals surface area contributed by atoms with Crippen molar-refractivity contribution in [3.05, 3.63) is 11.6 Å². The summed E-state index contributed by atoms with van der Waals surface area (Å²) in [5.74, 6) is -0.343. The number of aliphatic hydroxyl groups excluding tert-OH is 1. The molecule has 0 amide bonds. The van der Waals surface area contributed by atoms with Gasteiger partial charge < -0.3 is 9.84 Å². The molecule has 1 aliphatic rings. The smallest absolute Gasteiger partial charge is 0.336 e. The topological polar surface area (TPSA) is 46.5 Å². The van der Waals surface area contributed by atoms with Crippen LogP contribution in [0.3, 0.4) is 0 Å². The summed E-state index contributed by atoms with van der Waals surface area (Å²) in [5.41, 5.74) is 0.647. The first-order valence-electron chi connectivity index (χ1n) is 8.33. The van der Waals surface area contributed by atoms with Crippen LogP contribution in [-0.4, -0.2) is 17.4 Å². The lowest BCUT2D eigenvalue weighted by Crippen LogP contribution is -2.06. The Kier molecular flexibility index (Phi) is 9.38. The highest BCUT2D eigenvalue weighted by atomic mass is 16.6. The van der Waals surface area contributed by atoms with E-state index in [0.29, 0.717) is 5.57 Å². The third-order valence-electron chi connectivity index (χ3n) is 3.88. The molecule has 0 spiro atoms. The number of hydrogen-bond acceptors (Lipinski definition) is 3. The average molecular weight is 282 g/mol. The molecule has 1 atom stereocenters. The van der Waals surface area contributed by atoms with Crippen LogP contribution in [0.15, 0.2) is 11.6 Å². The van der Waals surface area contributed by atoms with Crippen LogP contribution >= 0.6 is 0 Å². The molecule has 1 heterocycles. The molecule has 0 saturated heterocycles. The van der Waals surface area contributed by atoms with Crippen molar-refractivity contribution in [2.45, 2.75) is 90.3 Å². The molecule has 1 aliphatic heterocycles. The highest BCUT2D eigenvalue weighted by molar-refractivity contribution is 5.90. The van der Waals surface area contributed by atoms with Crippen LogP contribution in [-0.2, 0) is 9.53 Å². The molecule has 0 fully saturated rings. The largest absolute Gasteiger partial charge is 0.429 e. The molecule has 1 rings (SSSR count). The van der Waals surface area contributed by atoms with Gasteiger partial charge in [0.05, 0.1) is 0 Å². The van der Waals surface area contributed by atoms with Crippen LogP contribution in [0.2, 0.25) is 0 Å². The lowest BCUT2D eigenvalue weighted by Gasteiger charge is -2.02. The average Bonchev–Trinajstić information content (AvgIpc) is 2.74. The van der Waals surface area contributed by atoms with Gasteiger partial charge in [-0.15, -0.1) is 0 Å². The summed E-state index contributed by atoms with van der Waals surface area (Å²) >= 11 is 0. The Morgan fingerprint density at radius 3 is 1.90 bits per heavy atom. The van der Waals surface area contributed by atoms with E-state index in [1.54, 1.807) is 0 Å². The zero-order valence-corrected chi connectivity index (χ0v) is 12.9. The Morgan fingerprint density at radius 1 is 0.950 bits per heavy atom. The van der Waals surface area contributed by atoms with Gasteiger partial charge in [0.2, 0.25) is 6.29 Å². The van der Waals surface area contributed by atoms with Gasteiger partial charge in [0, 0.05) is 5.57 Å². The Balaban J connectivity index is 1.83. The van der Waals surface area contributed by atoms with Crippen LogP contribution in [0.1, 0.15) is 84.0 Å². The molecule has 1 N–H and O–H groups in total. The fourth-order valence-electron chi connectivity index (χ4n) is 2.62. The summed E-state index contributed by atoms with van der Waals surface area (Å²) in [7, 11) is 0. The lowest BCUT2D eigenvalue weighted by atomic mass is 10.0. The molecule has 1 unspecified atom stereocenters. The quantitative estimate of drug-likeness (QED) is 0.424. The van der Waals surface area contributed by atoms with E-state index in [4.69, 9.17) is 5.11 Å². The zero-order valence-electron chi connectivity index (χ0n) is 12.9. The van der Waals surface area contributed by atoms with Crippen LogP contribution in [0, 0.1) is 0 Å². The highest BCUT2D eigenvalue weighted by Crippen LogP contribution is 2.19. The van der Waals surface area contributed by atoms with Crippen LogP contribution in [0.5, 0.6) is 0 Å². The highest BCUT2D eigenvalue weighted by Gasteiger charge is 2.22. The predicted molar refractivity (Wildman–Crippen MR) is 81.3 cm³/mol. The second-order valence-corrected chi connectivity index (χ2v) is 5.77. The van der Waals surface area contributed by atoms with Gasteiger partial charge in [-0.3, -0.25) is 0 Å². The molecule has 0 saturated carbocycles. The molecule has 3 nitrogen and oxygen atoms in total. The van der Waals surface area contributed by atoms with Crippen molar-refractivity contribution in [3.8, 4) is 0 Å². The van der Waals surface area contributed by atoms with Gasteiger partial charge >= 0.3 is 5.97 Å². The second-order valence-electron chi connectivity index (χ2n) is 5.77. The van der Waals surface area contributed by atoms with Gasteiger partial charge in [-0.2, -0.15) is 0 Å². The van der Waals surface area contributed by atoms with Crippen LogP contribution in [0.4, 0.5) is 0 Å². The van der Waals surface area contributed by atoms with Crippen molar-refractivity contribution in [1.82, 2.24) is 0 Å². The fourth-order valence-corrected chi connectivity index (χ4v) is 2.62. The molecule has 0 aromatic rings. The van der Waals surface area contributed by atoms with Gasteiger partial charge in [-0.25, -0.2) is 4.79 Å². The number of unbranched alkanes of at least 4 members (excludes halogenated alkanes) is 10. The van der Waals surface area contributed by atoms with E-state index in [1.165, 1.54) is 63.9 Å². The summed E-state index contributed by atoms with van der Waals surface area (Å²) in [6, 6.07) is 0. The van der Waals surface area contributed by atoms with Crippen LogP contribution < -0.4 is 0 Å². The molecule has 0 aliphatic carbocycles. The number of ether oxygens (including phenoxy) is 1. The van der Waals surface area contributed by atoms with Gasteiger partial charge in [0.15, 0.2) is 0 Å². The number of esters is 1. The molecule has 20 heavy (non-hydrogen) atoms. The molecule has 0 aromatic carbocycles. The lowest BCUT2D eigenvalue weighted by molar-refractivity contribution is -0.151. The summed E-state index contributed by atoms with van der Waals surface area (Å²) in [6.45, 7) is 2.25. The zero-order chi connectivity index (χ0) is 14.6. The molecular weight excluding hydrogens is 252 g/mol. The monoisotopic (exact) mass is 282 g/mol. The number of aliphatic hydroxyl groups is 1. The minimum atomic E-state index is -1.01. The molecule has 0 bridgehead atoms. The normalized spacial score (nSPS) is 18.2. The summed E-state index contributed by atoms with van der Waals surface area (Å²) in [4.78, 5) is 11.2. The molecule has 116 valence electrons. The fraction of sp³-hybridized carbons (Fsp3) is 0.824. The first-order valence-corrected chi connectivity index (χ1v) is 8.33. The van der Waals surface area contributed by atoms with Gasteiger partial charge in [0.25, 0.3) is 0 Å². The SMILES string of the molecule is CCCCCCCCCCCCCC1=CC(O)OC1=O. The number of hydrogen-bond donors (Lipinski definition) is 1. The number of cyclic esters (lactones) is 1. The van der Waals surface area contributed by atoms with E-state index in [9.17, 15) is 4.79 Å². The number of carbonyl (C=O) groups is 1. The minimum absolute atomic E-state index is 0.343. The van der Waals surface area contributed by atoms with E-state index in [0.717, 1.165) is 19.3 Å². The first kappa shape index (κ1) is 17.2. The van der Waals surface area contributed by atoms with Crippen molar-refractivity contribution < 1.29 is 14.6 Å². The van der Waals surface area contributed by atoms with Gasteiger partial charge in [-0.1, -0.05) is 71.1 Å². The van der Waals surface area contributed by atoms with Crippen molar-refractivity contribution >= 4 is 5.97 Å². The Labute approximate surface area is 123 Å². The van der Waals surface area contributed by atoms with E-state index >= 15 is 0 Å². The van der Waals surface area contributed by atoms with Crippen molar-refractivity contribution in [3.63, 3.8) is 0 Å². The van der Waals surface area contributed by atoms with Crippen molar-refractivity contribution in [1.29, 1.82) is 0 Å². The minimum Gasteiger partial charge on any atom is -0.429 e. The summed E-state index contributed by atoms with van der Waals surface area (Å²) in [5, 5.41) is 9.13. The van der Waals surface area contributed by atoms with Crippen LogP contribution in [0.25, 0.3) is 0 Å². The second kappa shape index (κ2) is 10.9. The molecular formula is C17H30O3. The molecule has 3 heteroatoms. The summed E-state index contributed by atoms with van der Waals surface area (Å²) in [6.07, 6.45) is 15.6. The first-order chi connectivity index (χ1) is 9.74. The van der Waals surface area contributed by atoms with Gasteiger partial charge in [0.1, 0.15) is 0 Å². The molecule has 0 aromatic heterocycles. The van der Waals surface area contributed by atoms with Crippen molar-refractivity contribution in [2.24, 2.45) is 0 Å². The Morgan fingerprint density at radius 2 is 1.45 bits per heavy atom. The standard InChI is InChI=1S/C17H30O3/c1-2-3-4-5-6-7-8-9-10-11-12-13-15-14-16(18)20-17(15)19/h14,16,18H,2-13H2,1H3. The maximum Gasteiger partial charge on any atom is 0.336 e. The Hall–Kier alpha value is -0.830. The maximum absolute atomic E-state index is 11.2. The van der Waals surface area contributed by atoms with E-state index in [-0.39, 0.29) is 5.97 Å². The van der Waals surface area contributed by atoms with Gasteiger partial charge in [-0.05, 0) is 18.9 Å². The maximum atomic E-state index is 11.2. The van der Waals surface area contributed by atoms with E-state index < -0.39 is 6.29 Å². The van der Waals surface area contributed by atoms with E-state index in [2.05, 4.69) is 11.7 Å². The molecule has 0 radical (unpaired) electrons. The van der Waals surface area contributed by atoms with E-state index in [1.807, 2.05) is 0 Å². The Bertz CT molecular complexity index is 297. The number of rotatable bonds is 12. The third kappa shape index (κ3) is 7.68. The van der Waals surface area contributed by atoms with Crippen molar-refractivity contribution in [2.75, 3.05) is 0 Å². The number of carbonyl (C=O) groups excluding carboxylic acids is 1. The third-order valence-corrected chi connectivity index (χ3v) is 3.88. The predicted octanol–water partition coefficient (Wildman–Crippen LogP) is 4.49.